The smallest absolute Gasteiger partial charge is 0.323 e. The van der Waals surface area contributed by atoms with Gasteiger partial charge in [0.15, 0.2) is 5.65 Å². The second-order valence-electron chi connectivity index (χ2n) is 5.10. The minimum Gasteiger partial charge on any atom is -0.323 e. The molecule has 0 fully saturated rings. The molecule has 2 aromatic heterocycles. The molecule has 0 amide bonds. The lowest BCUT2D eigenvalue weighted by atomic mass is 10.1. The number of fused-ring (bicyclic) bond motifs is 1. The third kappa shape index (κ3) is 3.16. The van der Waals surface area contributed by atoms with Gasteiger partial charge in [-0.3, -0.25) is 0 Å². The van der Waals surface area contributed by atoms with Crippen LogP contribution in [0.15, 0.2) is 12.3 Å². The highest BCUT2D eigenvalue weighted by atomic mass is 35.5. The molecule has 0 spiro atoms. The van der Waals surface area contributed by atoms with Crippen molar-refractivity contribution in [1.82, 2.24) is 9.38 Å². The van der Waals surface area contributed by atoms with Crippen LogP contribution in [0.3, 0.4) is 0 Å². The highest BCUT2D eigenvalue weighted by Gasteiger charge is 2.32. The van der Waals surface area contributed by atoms with E-state index in [1.54, 1.807) is 6.92 Å². The Morgan fingerprint density at radius 3 is 2.67 bits per heavy atom. The van der Waals surface area contributed by atoms with Gasteiger partial charge < -0.3 is 10.1 Å². The largest absolute Gasteiger partial charge is 0.417 e. The normalized spacial score (nSPS) is 13.9. The van der Waals surface area contributed by atoms with Crippen LogP contribution in [-0.4, -0.2) is 9.38 Å². The summed E-state index contributed by atoms with van der Waals surface area (Å²) in [6.45, 7) is 3.77. The number of alkyl halides is 3. The van der Waals surface area contributed by atoms with Gasteiger partial charge >= 0.3 is 6.18 Å². The average Bonchev–Trinajstić information content (AvgIpc) is 2.72. The van der Waals surface area contributed by atoms with Gasteiger partial charge in [0.05, 0.1) is 22.0 Å². The Morgan fingerprint density at radius 2 is 2.10 bits per heavy atom. The average molecular weight is 320 g/mol. The fourth-order valence-corrected chi connectivity index (χ4v) is 2.65. The minimum atomic E-state index is -4.46. The lowest BCUT2D eigenvalue weighted by Gasteiger charge is -2.14. The third-order valence-electron chi connectivity index (χ3n) is 3.44. The van der Waals surface area contributed by atoms with Crippen molar-refractivity contribution in [3.63, 3.8) is 0 Å². The Bertz CT molecular complexity index is 649. The molecule has 0 aliphatic heterocycles. The molecule has 0 radical (unpaired) electrons. The molecular weight excluding hydrogens is 303 g/mol. The second kappa shape index (κ2) is 5.85. The molecule has 21 heavy (non-hydrogen) atoms. The Hall–Kier alpha value is -1.27. The first-order chi connectivity index (χ1) is 9.75. The van der Waals surface area contributed by atoms with Gasteiger partial charge in [-0.2, -0.15) is 13.2 Å². The van der Waals surface area contributed by atoms with Crippen molar-refractivity contribution in [3.8, 4) is 0 Å². The molecule has 2 aromatic rings. The fraction of sp³-hybridized carbons (Fsp3) is 0.500. The maximum absolute atomic E-state index is 12.9. The second-order valence-corrected chi connectivity index (χ2v) is 5.51. The van der Waals surface area contributed by atoms with Gasteiger partial charge in [0.2, 0.25) is 0 Å². The molecule has 1 unspecified atom stereocenters. The molecule has 0 saturated heterocycles. The molecular formula is C14H17ClF3N3. The van der Waals surface area contributed by atoms with Crippen LogP contribution in [0.1, 0.15) is 49.2 Å². The summed E-state index contributed by atoms with van der Waals surface area (Å²) in [5.41, 5.74) is 6.82. The molecule has 0 aliphatic carbocycles. The van der Waals surface area contributed by atoms with Gasteiger partial charge in [-0.1, -0.05) is 31.4 Å². The molecule has 0 aliphatic rings. The lowest BCUT2D eigenvalue weighted by molar-refractivity contribution is -0.137. The van der Waals surface area contributed by atoms with Gasteiger partial charge in [-0.05, 0) is 19.4 Å². The number of hydrogen-bond donors (Lipinski definition) is 1. The van der Waals surface area contributed by atoms with Crippen molar-refractivity contribution < 1.29 is 13.2 Å². The summed E-state index contributed by atoms with van der Waals surface area (Å²) in [6.07, 6.45) is -0.874. The molecule has 2 N–H and O–H groups in total. The van der Waals surface area contributed by atoms with Gasteiger partial charge in [0.25, 0.3) is 0 Å². The van der Waals surface area contributed by atoms with Crippen LogP contribution in [0.25, 0.3) is 5.65 Å². The van der Waals surface area contributed by atoms with E-state index in [-0.39, 0.29) is 11.1 Å². The first-order valence-electron chi connectivity index (χ1n) is 6.76. The number of imidazole rings is 1. The van der Waals surface area contributed by atoms with E-state index in [4.69, 9.17) is 17.3 Å². The number of rotatable bonds is 4. The van der Waals surface area contributed by atoms with Crippen molar-refractivity contribution >= 4 is 17.2 Å². The van der Waals surface area contributed by atoms with Crippen LogP contribution >= 0.6 is 11.6 Å². The lowest BCUT2D eigenvalue weighted by Crippen LogP contribution is -2.15. The van der Waals surface area contributed by atoms with Crippen LogP contribution in [0.5, 0.6) is 0 Å². The zero-order valence-corrected chi connectivity index (χ0v) is 12.6. The van der Waals surface area contributed by atoms with Crippen molar-refractivity contribution in [2.24, 2.45) is 5.73 Å². The predicted molar refractivity (Wildman–Crippen MR) is 76.4 cm³/mol. The number of nitrogens with zero attached hydrogens (tertiary/aromatic N) is 2. The molecule has 116 valence electrons. The van der Waals surface area contributed by atoms with Gasteiger partial charge in [0.1, 0.15) is 0 Å². The molecule has 0 saturated carbocycles. The number of aromatic nitrogens is 2. The van der Waals surface area contributed by atoms with Crippen LogP contribution in [0.2, 0.25) is 5.02 Å². The highest BCUT2D eigenvalue weighted by Crippen LogP contribution is 2.34. The van der Waals surface area contributed by atoms with Crippen LogP contribution in [-0.2, 0) is 6.18 Å². The fourth-order valence-electron chi connectivity index (χ4n) is 2.40. The van der Waals surface area contributed by atoms with E-state index in [9.17, 15) is 13.2 Å². The van der Waals surface area contributed by atoms with E-state index >= 15 is 0 Å². The number of hydrogen-bond acceptors (Lipinski definition) is 2. The van der Waals surface area contributed by atoms with E-state index in [1.807, 2.05) is 6.92 Å². The zero-order chi connectivity index (χ0) is 15.8. The van der Waals surface area contributed by atoms with Gasteiger partial charge in [-0.15, -0.1) is 0 Å². The minimum absolute atomic E-state index is 0.0260. The summed E-state index contributed by atoms with van der Waals surface area (Å²) in [4.78, 5) is 4.25. The molecule has 2 rings (SSSR count). The number of nitrogens with two attached hydrogens (primary N) is 1. The molecule has 0 bridgehead atoms. The molecule has 3 nitrogen and oxygen atoms in total. The number of pyridine rings is 1. The Balaban J connectivity index is 2.60. The Morgan fingerprint density at radius 1 is 1.43 bits per heavy atom. The molecule has 1 atom stereocenters. The van der Waals surface area contributed by atoms with E-state index in [2.05, 4.69) is 4.98 Å². The van der Waals surface area contributed by atoms with E-state index < -0.39 is 11.7 Å². The Kier molecular flexibility index (Phi) is 4.49. The van der Waals surface area contributed by atoms with E-state index in [0.29, 0.717) is 23.5 Å². The third-order valence-corrected chi connectivity index (χ3v) is 3.72. The monoisotopic (exact) mass is 319 g/mol. The van der Waals surface area contributed by atoms with Crippen LogP contribution in [0, 0.1) is 6.92 Å². The molecule has 2 heterocycles. The number of unbranched alkanes of at least 4 members (excludes halogenated alkanes) is 1. The first-order valence-corrected chi connectivity index (χ1v) is 7.14. The maximum atomic E-state index is 12.9. The Labute approximate surface area is 125 Å². The van der Waals surface area contributed by atoms with Crippen LogP contribution in [0.4, 0.5) is 13.2 Å². The topological polar surface area (TPSA) is 43.3 Å². The van der Waals surface area contributed by atoms with E-state index in [1.165, 1.54) is 4.40 Å². The summed E-state index contributed by atoms with van der Waals surface area (Å²) >= 11 is 5.94. The SMILES string of the molecule is CCCCC(N)c1c(C)nc2c(Cl)cc(C(F)(F)F)cn12. The zero-order valence-electron chi connectivity index (χ0n) is 11.8. The maximum Gasteiger partial charge on any atom is 0.417 e. The highest BCUT2D eigenvalue weighted by molar-refractivity contribution is 6.33. The van der Waals surface area contributed by atoms with Gasteiger partial charge in [-0.25, -0.2) is 4.98 Å². The first kappa shape index (κ1) is 16.1. The summed E-state index contributed by atoms with van der Waals surface area (Å²) in [5.74, 6) is 0. The van der Waals surface area contributed by atoms with Crippen LogP contribution < -0.4 is 5.73 Å². The summed E-state index contributed by atoms with van der Waals surface area (Å²) in [5, 5.41) is -0.0260. The molecule has 7 heteroatoms. The van der Waals surface area contributed by atoms with Gasteiger partial charge in [0, 0.05) is 12.2 Å². The summed E-state index contributed by atoms with van der Waals surface area (Å²) in [6, 6.07) is 0.532. The van der Waals surface area contributed by atoms with Crippen molar-refractivity contribution in [3.05, 3.63) is 34.2 Å². The van der Waals surface area contributed by atoms with Crippen molar-refractivity contribution in [1.29, 1.82) is 0 Å². The van der Waals surface area contributed by atoms with E-state index in [0.717, 1.165) is 25.1 Å². The predicted octanol–water partition coefficient (Wildman–Crippen LogP) is 4.50. The standard InChI is InChI=1S/C14H17ClF3N3/c1-3-4-5-11(19)12-8(2)20-13-10(15)6-9(7-21(12)13)14(16,17)18/h6-7,11H,3-5,19H2,1-2H3. The number of aryl methyl sites for hydroxylation is 1. The summed E-state index contributed by atoms with van der Waals surface area (Å²) in [7, 11) is 0. The van der Waals surface area contributed by atoms with Crippen molar-refractivity contribution in [2.45, 2.75) is 45.3 Å². The summed E-state index contributed by atoms with van der Waals surface area (Å²) < 4.78 is 40.1. The molecule has 0 aromatic carbocycles. The van der Waals surface area contributed by atoms with Crippen molar-refractivity contribution in [2.75, 3.05) is 0 Å². The quantitative estimate of drug-likeness (QED) is 0.901. The number of halogens is 4.